The molecule has 2 N–H and O–H groups in total. The maximum absolute atomic E-state index is 6.27. The van der Waals surface area contributed by atoms with Crippen molar-refractivity contribution in [2.24, 2.45) is 0 Å². The summed E-state index contributed by atoms with van der Waals surface area (Å²) in [5, 5.41) is 6.96. The second-order valence-electron chi connectivity index (χ2n) is 5.07. The van der Waals surface area contributed by atoms with Gasteiger partial charge in [-0.05, 0) is 11.1 Å². The van der Waals surface area contributed by atoms with E-state index in [9.17, 15) is 0 Å². The van der Waals surface area contributed by atoms with Crippen molar-refractivity contribution in [3.05, 3.63) is 71.8 Å². The van der Waals surface area contributed by atoms with E-state index < -0.39 is 5.72 Å². The summed E-state index contributed by atoms with van der Waals surface area (Å²) in [7, 11) is 0. The van der Waals surface area contributed by atoms with Crippen LogP contribution < -0.4 is 10.6 Å². The van der Waals surface area contributed by atoms with Crippen LogP contribution >= 0.6 is 0 Å². The zero-order chi connectivity index (χ0) is 13.7. The van der Waals surface area contributed by atoms with Gasteiger partial charge in [-0.3, -0.25) is 5.32 Å². The van der Waals surface area contributed by atoms with Crippen LogP contribution in [0.3, 0.4) is 0 Å². The Kier molecular flexibility index (Phi) is 4.11. The van der Waals surface area contributed by atoms with Gasteiger partial charge in [0.2, 0.25) is 0 Å². The molecule has 3 rings (SSSR count). The molecule has 104 valence electrons. The van der Waals surface area contributed by atoms with Crippen molar-refractivity contribution in [3.8, 4) is 0 Å². The largest absolute Gasteiger partial charge is 0.350 e. The lowest BCUT2D eigenvalue weighted by Gasteiger charge is -2.39. The zero-order valence-corrected chi connectivity index (χ0v) is 11.5. The van der Waals surface area contributed by atoms with E-state index in [1.54, 1.807) is 0 Å². The Morgan fingerprint density at radius 3 is 2.25 bits per heavy atom. The summed E-state index contributed by atoms with van der Waals surface area (Å²) in [6.45, 7) is 3.27. The number of benzene rings is 2. The SMILES string of the molecule is c1ccc(COC2(c3ccccc3)CNCCN2)cc1. The maximum atomic E-state index is 6.27. The van der Waals surface area contributed by atoms with Crippen LogP contribution in [0.1, 0.15) is 11.1 Å². The van der Waals surface area contributed by atoms with Gasteiger partial charge < -0.3 is 10.1 Å². The monoisotopic (exact) mass is 268 g/mol. The molecule has 2 aromatic rings. The van der Waals surface area contributed by atoms with Gasteiger partial charge in [-0.15, -0.1) is 0 Å². The standard InChI is InChI=1S/C17H20N2O/c1-3-7-15(8-4-1)13-20-17(14-18-11-12-19-17)16-9-5-2-6-10-16/h1-10,18-19H,11-14H2. The molecule has 20 heavy (non-hydrogen) atoms. The molecular formula is C17H20N2O. The Balaban J connectivity index is 1.80. The van der Waals surface area contributed by atoms with E-state index in [0.29, 0.717) is 6.61 Å². The Hall–Kier alpha value is -1.68. The number of hydrogen-bond donors (Lipinski definition) is 2. The molecule has 2 aromatic carbocycles. The van der Waals surface area contributed by atoms with E-state index in [1.165, 1.54) is 11.1 Å². The minimum Gasteiger partial charge on any atom is -0.350 e. The molecule has 1 aliphatic heterocycles. The van der Waals surface area contributed by atoms with Crippen molar-refractivity contribution >= 4 is 0 Å². The molecule has 1 aliphatic rings. The Bertz CT molecular complexity index is 521. The van der Waals surface area contributed by atoms with Gasteiger partial charge in [0.15, 0.2) is 5.72 Å². The Morgan fingerprint density at radius 1 is 0.900 bits per heavy atom. The molecule has 0 bridgehead atoms. The fourth-order valence-corrected chi connectivity index (χ4v) is 2.56. The average Bonchev–Trinajstić information content (AvgIpc) is 2.56. The predicted molar refractivity (Wildman–Crippen MR) is 80.2 cm³/mol. The molecule has 0 radical (unpaired) electrons. The third-order valence-electron chi connectivity index (χ3n) is 3.65. The van der Waals surface area contributed by atoms with Crippen molar-refractivity contribution in [3.63, 3.8) is 0 Å². The highest BCUT2D eigenvalue weighted by molar-refractivity contribution is 5.23. The first-order valence-electron chi connectivity index (χ1n) is 7.08. The molecule has 0 aromatic heterocycles. The molecule has 1 heterocycles. The quantitative estimate of drug-likeness (QED) is 0.892. The van der Waals surface area contributed by atoms with E-state index in [0.717, 1.165) is 19.6 Å². The van der Waals surface area contributed by atoms with E-state index in [4.69, 9.17) is 4.74 Å². The lowest BCUT2D eigenvalue weighted by atomic mass is 10.0. The normalized spacial score (nSPS) is 22.6. The lowest BCUT2D eigenvalue weighted by Crippen LogP contribution is -2.58. The fourth-order valence-electron chi connectivity index (χ4n) is 2.56. The molecule has 1 fully saturated rings. The molecular weight excluding hydrogens is 248 g/mol. The molecule has 0 amide bonds. The number of ether oxygens (including phenoxy) is 1. The van der Waals surface area contributed by atoms with Crippen LogP contribution in [0.5, 0.6) is 0 Å². The lowest BCUT2D eigenvalue weighted by molar-refractivity contribution is -0.0944. The number of piperazine rings is 1. The van der Waals surface area contributed by atoms with Gasteiger partial charge in [-0.2, -0.15) is 0 Å². The number of hydrogen-bond acceptors (Lipinski definition) is 3. The van der Waals surface area contributed by atoms with Crippen molar-refractivity contribution in [2.45, 2.75) is 12.3 Å². The zero-order valence-electron chi connectivity index (χ0n) is 11.5. The second-order valence-corrected chi connectivity index (χ2v) is 5.07. The van der Waals surface area contributed by atoms with Crippen LogP contribution in [0.25, 0.3) is 0 Å². The van der Waals surface area contributed by atoms with Crippen molar-refractivity contribution in [2.75, 3.05) is 19.6 Å². The summed E-state index contributed by atoms with van der Waals surface area (Å²) in [6, 6.07) is 20.7. The molecule has 0 aliphatic carbocycles. The van der Waals surface area contributed by atoms with Crippen LogP contribution in [0.15, 0.2) is 60.7 Å². The summed E-state index contributed by atoms with van der Waals surface area (Å²) in [6.07, 6.45) is 0. The third-order valence-corrected chi connectivity index (χ3v) is 3.65. The van der Waals surface area contributed by atoms with E-state index in [-0.39, 0.29) is 0 Å². The average molecular weight is 268 g/mol. The number of nitrogens with one attached hydrogen (secondary N) is 2. The first-order valence-corrected chi connectivity index (χ1v) is 7.08. The van der Waals surface area contributed by atoms with Gasteiger partial charge >= 0.3 is 0 Å². The smallest absolute Gasteiger partial charge is 0.158 e. The van der Waals surface area contributed by atoms with Gasteiger partial charge in [0, 0.05) is 19.6 Å². The molecule has 1 saturated heterocycles. The highest BCUT2D eigenvalue weighted by atomic mass is 16.5. The van der Waals surface area contributed by atoms with Gasteiger partial charge in [-0.25, -0.2) is 0 Å². The minimum absolute atomic E-state index is 0.435. The van der Waals surface area contributed by atoms with Crippen LogP contribution in [0, 0.1) is 0 Å². The Morgan fingerprint density at radius 2 is 1.60 bits per heavy atom. The van der Waals surface area contributed by atoms with Gasteiger partial charge in [-0.1, -0.05) is 60.7 Å². The second kappa shape index (κ2) is 6.18. The topological polar surface area (TPSA) is 33.3 Å². The van der Waals surface area contributed by atoms with E-state index in [2.05, 4.69) is 47.0 Å². The molecule has 0 spiro atoms. The van der Waals surface area contributed by atoms with Gasteiger partial charge in [0.05, 0.1) is 6.61 Å². The van der Waals surface area contributed by atoms with E-state index >= 15 is 0 Å². The summed E-state index contributed by atoms with van der Waals surface area (Å²) < 4.78 is 6.27. The Labute approximate surface area is 120 Å². The molecule has 3 heteroatoms. The van der Waals surface area contributed by atoms with Gasteiger partial charge in [0.1, 0.15) is 0 Å². The van der Waals surface area contributed by atoms with E-state index in [1.807, 2.05) is 24.3 Å². The maximum Gasteiger partial charge on any atom is 0.158 e. The van der Waals surface area contributed by atoms with Gasteiger partial charge in [0.25, 0.3) is 0 Å². The van der Waals surface area contributed by atoms with Crippen LogP contribution in [-0.4, -0.2) is 19.6 Å². The molecule has 0 saturated carbocycles. The summed E-state index contributed by atoms with van der Waals surface area (Å²) in [5.74, 6) is 0. The molecule has 3 nitrogen and oxygen atoms in total. The van der Waals surface area contributed by atoms with Crippen LogP contribution in [0.2, 0.25) is 0 Å². The first kappa shape index (κ1) is 13.3. The number of rotatable bonds is 4. The van der Waals surface area contributed by atoms with Crippen molar-refractivity contribution in [1.29, 1.82) is 0 Å². The highest BCUT2D eigenvalue weighted by Crippen LogP contribution is 2.25. The first-order chi connectivity index (χ1) is 9.89. The summed E-state index contributed by atoms with van der Waals surface area (Å²) >= 11 is 0. The fraction of sp³-hybridized carbons (Fsp3) is 0.294. The van der Waals surface area contributed by atoms with Crippen molar-refractivity contribution < 1.29 is 4.74 Å². The van der Waals surface area contributed by atoms with Crippen LogP contribution in [0.4, 0.5) is 0 Å². The van der Waals surface area contributed by atoms with Crippen LogP contribution in [-0.2, 0) is 17.1 Å². The summed E-state index contributed by atoms with van der Waals surface area (Å²) in [5.41, 5.74) is 1.92. The molecule has 1 atom stereocenters. The highest BCUT2D eigenvalue weighted by Gasteiger charge is 2.34. The third kappa shape index (κ3) is 2.90. The predicted octanol–water partition coefficient (Wildman–Crippen LogP) is 2.25. The minimum atomic E-state index is -0.435. The molecule has 1 unspecified atom stereocenters. The van der Waals surface area contributed by atoms with Crippen molar-refractivity contribution in [1.82, 2.24) is 10.6 Å². The summed E-state index contributed by atoms with van der Waals surface area (Å²) in [4.78, 5) is 0.